The first kappa shape index (κ1) is 22.6. The van der Waals surface area contributed by atoms with Gasteiger partial charge in [-0.2, -0.15) is 0 Å². The predicted molar refractivity (Wildman–Crippen MR) is 98.2 cm³/mol. The summed E-state index contributed by atoms with van der Waals surface area (Å²) in [5, 5.41) is 13.4. The Labute approximate surface area is 151 Å². The third-order valence-electron chi connectivity index (χ3n) is 4.89. The van der Waals surface area contributed by atoms with Crippen LogP contribution < -0.4 is 11.1 Å². The highest BCUT2D eigenvalue weighted by Gasteiger charge is 2.40. The Balaban J connectivity index is 2.86. The molecule has 1 amide bonds. The van der Waals surface area contributed by atoms with Gasteiger partial charge in [0.15, 0.2) is 5.85 Å². The topological polar surface area (TPSA) is 111 Å². The number of nitrogens with one attached hydrogen (secondary N) is 1. The lowest BCUT2D eigenvalue weighted by molar-refractivity contribution is -0.124. The SMILES string of the molecule is COP(=O)(OC)[C@H](O)[C@H](CC1CCCCC1)NC(=O)[C@@H](N)CC(C)C. The molecule has 25 heavy (non-hydrogen) atoms. The smallest absolute Gasteiger partial charge is 0.360 e. The van der Waals surface area contributed by atoms with E-state index in [2.05, 4.69) is 5.32 Å². The van der Waals surface area contributed by atoms with E-state index in [1.165, 1.54) is 20.6 Å². The van der Waals surface area contributed by atoms with E-state index in [0.717, 1.165) is 25.7 Å². The maximum Gasteiger partial charge on any atom is 0.360 e. The van der Waals surface area contributed by atoms with Gasteiger partial charge in [-0.25, -0.2) is 0 Å². The van der Waals surface area contributed by atoms with Gasteiger partial charge in [0, 0.05) is 14.2 Å². The van der Waals surface area contributed by atoms with E-state index in [0.29, 0.717) is 18.8 Å². The molecule has 0 aliphatic heterocycles. The Kier molecular flexibility index (Phi) is 9.60. The zero-order chi connectivity index (χ0) is 19.0. The number of aliphatic hydroxyl groups excluding tert-OH is 1. The Bertz CT molecular complexity index is 446. The van der Waals surface area contributed by atoms with Crippen LogP contribution in [0.15, 0.2) is 0 Å². The van der Waals surface area contributed by atoms with Crippen LogP contribution in [-0.2, 0) is 18.4 Å². The van der Waals surface area contributed by atoms with E-state index < -0.39 is 25.5 Å². The second kappa shape index (κ2) is 10.6. The maximum absolute atomic E-state index is 12.6. The average molecular weight is 378 g/mol. The summed E-state index contributed by atoms with van der Waals surface area (Å²) >= 11 is 0. The van der Waals surface area contributed by atoms with E-state index in [9.17, 15) is 14.5 Å². The van der Waals surface area contributed by atoms with Gasteiger partial charge in [-0.1, -0.05) is 46.0 Å². The van der Waals surface area contributed by atoms with Crippen LogP contribution in [0.2, 0.25) is 0 Å². The van der Waals surface area contributed by atoms with Gasteiger partial charge in [0.2, 0.25) is 5.91 Å². The van der Waals surface area contributed by atoms with Gasteiger partial charge in [-0.05, 0) is 24.7 Å². The molecule has 3 atom stereocenters. The first-order chi connectivity index (χ1) is 11.7. The molecule has 1 rings (SSSR count). The van der Waals surface area contributed by atoms with Gasteiger partial charge in [0.1, 0.15) is 0 Å². The van der Waals surface area contributed by atoms with Crippen molar-refractivity contribution >= 4 is 13.5 Å². The first-order valence-corrected chi connectivity index (χ1v) is 10.8. The molecule has 148 valence electrons. The van der Waals surface area contributed by atoms with Crippen LogP contribution in [0.4, 0.5) is 0 Å². The van der Waals surface area contributed by atoms with Crippen LogP contribution in [0, 0.1) is 11.8 Å². The molecule has 1 aliphatic carbocycles. The van der Waals surface area contributed by atoms with Crippen molar-refractivity contribution in [3.8, 4) is 0 Å². The molecule has 0 spiro atoms. The second-order valence-corrected chi connectivity index (χ2v) is 9.75. The molecule has 0 aromatic heterocycles. The Morgan fingerprint density at radius 1 is 1.24 bits per heavy atom. The summed E-state index contributed by atoms with van der Waals surface area (Å²) in [5.41, 5.74) is 5.95. The minimum atomic E-state index is -3.71. The van der Waals surface area contributed by atoms with Crippen LogP contribution in [0.3, 0.4) is 0 Å². The van der Waals surface area contributed by atoms with Crippen molar-refractivity contribution in [3.63, 3.8) is 0 Å². The van der Waals surface area contributed by atoms with Gasteiger partial charge in [-0.15, -0.1) is 0 Å². The van der Waals surface area contributed by atoms with Crippen LogP contribution in [0.5, 0.6) is 0 Å². The molecule has 8 heteroatoms. The quantitative estimate of drug-likeness (QED) is 0.504. The second-order valence-electron chi connectivity index (χ2n) is 7.41. The van der Waals surface area contributed by atoms with Crippen molar-refractivity contribution < 1.29 is 23.5 Å². The molecular weight excluding hydrogens is 343 g/mol. The molecule has 0 aromatic rings. The standard InChI is InChI=1S/C17H35N2O5P/c1-12(2)10-14(18)16(20)19-15(11-13-8-6-5-7-9-13)17(21)25(22,23-3)24-4/h12-15,17,21H,5-11,18H2,1-4H3,(H,19,20)/t14-,15-,17-/m0/s1. The molecule has 0 aromatic carbocycles. The monoisotopic (exact) mass is 378 g/mol. The van der Waals surface area contributed by atoms with Crippen molar-refractivity contribution in [2.24, 2.45) is 17.6 Å². The molecule has 4 N–H and O–H groups in total. The van der Waals surface area contributed by atoms with Crippen molar-refractivity contribution in [3.05, 3.63) is 0 Å². The van der Waals surface area contributed by atoms with E-state index in [-0.39, 0.29) is 11.8 Å². The molecule has 1 fully saturated rings. The van der Waals surface area contributed by atoms with Gasteiger partial charge in [0.25, 0.3) is 0 Å². The van der Waals surface area contributed by atoms with Gasteiger partial charge in [0.05, 0.1) is 12.1 Å². The van der Waals surface area contributed by atoms with E-state index in [4.69, 9.17) is 14.8 Å². The summed E-state index contributed by atoms with van der Waals surface area (Å²) in [4.78, 5) is 12.4. The van der Waals surface area contributed by atoms with Gasteiger partial charge >= 0.3 is 7.60 Å². The minimum absolute atomic E-state index is 0.284. The van der Waals surface area contributed by atoms with Crippen LogP contribution in [0.25, 0.3) is 0 Å². The number of nitrogens with two attached hydrogens (primary N) is 1. The number of carbonyl (C=O) groups is 1. The highest BCUT2D eigenvalue weighted by Crippen LogP contribution is 2.52. The third kappa shape index (κ3) is 6.99. The van der Waals surface area contributed by atoms with Crippen LogP contribution >= 0.6 is 7.60 Å². The lowest BCUT2D eigenvalue weighted by Crippen LogP contribution is -2.51. The summed E-state index contributed by atoms with van der Waals surface area (Å²) in [6, 6.07) is -1.37. The first-order valence-electron chi connectivity index (χ1n) is 9.18. The lowest BCUT2D eigenvalue weighted by atomic mass is 9.85. The molecule has 1 aliphatic rings. The maximum atomic E-state index is 12.6. The Hall–Kier alpha value is -0.460. The fourth-order valence-corrected chi connectivity index (χ4v) is 4.67. The number of aliphatic hydroxyl groups is 1. The van der Waals surface area contributed by atoms with Crippen molar-refractivity contribution in [2.45, 2.75) is 76.7 Å². The zero-order valence-corrected chi connectivity index (χ0v) is 16.8. The summed E-state index contributed by atoms with van der Waals surface area (Å²) in [5.74, 6) is -1.10. The van der Waals surface area contributed by atoms with E-state index >= 15 is 0 Å². The summed E-state index contributed by atoms with van der Waals surface area (Å²) < 4.78 is 22.4. The minimum Gasteiger partial charge on any atom is -0.379 e. The van der Waals surface area contributed by atoms with E-state index in [1.807, 2.05) is 13.8 Å². The molecule has 0 saturated heterocycles. The van der Waals surface area contributed by atoms with E-state index in [1.54, 1.807) is 0 Å². The third-order valence-corrected chi connectivity index (χ3v) is 6.92. The number of amides is 1. The largest absolute Gasteiger partial charge is 0.379 e. The predicted octanol–water partition coefficient (Wildman–Crippen LogP) is 2.62. The van der Waals surface area contributed by atoms with Crippen molar-refractivity contribution in [1.29, 1.82) is 0 Å². The summed E-state index contributed by atoms with van der Waals surface area (Å²) in [6.07, 6.45) is 6.66. The molecule has 1 saturated carbocycles. The van der Waals surface area contributed by atoms with Gasteiger partial charge < -0.3 is 25.2 Å². The molecule has 0 heterocycles. The Morgan fingerprint density at radius 3 is 2.28 bits per heavy atom. The molecule has 0 bridgehead atoms. The summed E-state index contributed by atoms with van der Waals surface area (Å²) in [7, 11) is -1.24. The normalized spacial score (nSPS) is 20.3. The number of carbonyl (C=O) groups excluding carboxylic acids is 1. The number of hydrogen-bond donors (Lipinski definition) is 3. The average Bonchev–Trinajstić information content (AvgIpc) is 2.60. The summed E-state index contributed by atoms with van der Waals surface area (Å²) in [6.45, 7) is 3.98. The number of rotatable bonds is 10. The van der Waals surface area contributed by atoms with Crippen LogP contribution in [-0.4, -0.2) is 43.2 Å². The van der Waals surface area contributed by atoms with Crippen molar-refractivity contribution in [1.82, 2.24) is 5.32 Å². The molecule has 7 nitrogen and oxygen atoms in total. The van der Waals surface area contributed by atoms with Gasteiger partial charge in [-0.3, -0.25) is 9.36 Å². The fourth-order valence-electron chi connectivity index (χ4n) is 3.45. The van der Waals surface area contributed by atoms with Crippen LogP contribution in [0.1, 0.15) is 58.8 Å². The molecule has 0 radical (unpaired) electrons. The number of hydrogen-bond acceptors (Lipinski definition) is 6. The zero-order valence-electron chi connectivity index (χ0n) is 15.9. The molecule has 0 unspecified atom stereocenters. The van der Waals surface area contributed by atoms with Crippen molar-refractivity contribution in [2.75, 3.05) is 14.2 Å². The highest BCUT2D eigenvalue weighted by molar-refractivity contribution is 7.54. The fraction of sp³-hybridized carbons (Fsp3) is 0.941. The Morgan fingerprint density at radius 2 is 1.80 bits per heavy atom. The molecular formula is C17H35N2O5P. The highest BCUT2D eigenvalue weighted by atomic mass is 31.2. The lowest BCUT2D eigenvalue weighted by Gasteiger charge is -2.32.